The molecule has 0 bridgehead atoms. The molecular formula is C21H28F3N5O4. The molecule has 2 aromatic heterocycles. The summed E-state index contributed by atoms with van der Waals surface area (Å²) in [5, 5.41) is 11.5. The van der Waals surface area contributed by atoms with Crippen molar-refractivity contribution < 1.29 is 32.6 Å². The van der Waals surface area contributed by atoms with Crippen molar-refractivity contribution in [2.45, 2.75) is 51.9 Å². The van der Waals surface area contributed by atoms with E-state index in [1.807, 2.05) is 38.2 Å². The first-order valence-electron chi connectivity index (χ1n) is 10.7. The van der Waals surface area contributed by atoms with Crippen LogP contribution in [0.15, 0.2) is 12.4 Å². The largest absolute Gasteiger partial charge is 0.490 e. The van der Waals surface area contributed by atoms with Crippen molar-refractivity contribution in [1.82, 2.24) is 24.2 Å². The van der Waals surface area contributed by atoms with Crippen LogP contribution in [0.3, 0.4) is 0 Å². The van der Waals surface area contributed by atoms with Crippen LogP contribution in [0.4, 0.5) is 13.2 Å². The van der Waals surface area contributed by atoms with Crippen LogP contribution in [-0.4, -0.2) is 67.1 Å². The fourth-order valence-corrected chi connectivity index (χ4v) is 3.80. The number of nitrogens with zero attached hydrogens (tertiary/aromatic N) is 5. The Bertz CT molecular complexity index is 997. The number of rotatable bonds is 6. The number of ether oxygens (including phenoxy) is 1. The second-order valence-corrected chi connectivity index (χ2v) is 8.34. The Hall–Kier alpha value is -2.89. The molecule has 9 nitrogen and oxygen atoms in total. The van der Waals surface area contributed by atoms with E-state index in [2.05, 4.69) is 14.6 Å². The summed E-state index contributed by atoms with van der Waals surface area (Å²) in [6, 6.07) is 1.87. The van der Waals surface area contributed by atoms with E-state index in [9.17, 15) is 18.0 Å². The lowest BCUT2D eigenvalue weighted by Crippen LogP contribution is -2.41. The van der Waals surface area contributed by atoms with Crippen LogP contribution in [0, 0.1) is 12.8 Å². The van der Waals surface area contributed by atoms with Crippen molar-refractivity contribution in [1.29, 1.82) is 0 Å². The van der Waals surface area contributed by atoms with Gasteiger partial charge in [0.05, 0.1) is 30.9 Å². The zero-order valence-electron chi connectivity index (χ0n) is 18.8. The van der Waals surface area contributed by atoms with Crippen molar-refractivity contribution in [2.24, 2.45) is 13.0 Å². The van der Waals surface area contributed by atoms with Gasteiger partial charge in [-0.2, -0.15) is 18.3 Å². The average Bonchev–Trinajstić information content (AvgIpc) is 3.38. The number of fused-ring (bicyclic) bond motifs is 1. The number of carbonyl (C=O) groups excluding carboxylic acids is 1. The molecule has 0 spiro atoms. The number of carboxylic acid groups (broad SMARTS) is 1. The first-order valence-corrected chi connectivity index (χ1v) is 10.7. The number of hydrogen-bond acceptors (Lipinski definition) is 5. The minimum absolute atomic E-state index is 0.0240. The number of aliphatic carboxylic acids is 1. The molecule has 1 aliphatic heterocycles. The molecule has 1 fully saturated rings. The van der Waals surface area contributed by atoms with E-state index in [-0.39, 0.29) is 11.8 Å². The minimum Gasteiger partial charge on any atom is -0.475 e. The van der Waals surface area contributed by atoms with Crippen LogP contribution in [-0.2, 0) is 29.7 Å². The third-order valence-electron chi connectivity index (χ3n) is 5.55. The van der Waals surface area contributed by atoms with Gasteiger partial charge in [-0.1, -0.05) is 0 Å². The van der Waals surface area contributed by atoms with E-state index >= 15 is 0 Å². The first-order chi connectivity index (χ1) is 15.5. The summed E-state index contributed by atoms with van der Waals surface area (Å²) in [5.74, 6) is -1.83. The Labute approximate surface area is 189 Å². The van der Waals surface area contributed by atoms with E-state index in [1.54, 1.807) is 4.68 Å². The van der Waals surface area contributed by atoms with Gasteiger partial charge in [-0.15, -0.1) is 0 Å². The lowest BCUT2D eigenvalue weighted by atomic mass is 9.98. The van der Waals surface area contributed by atoms with Gasteiger partial charge >= 0.3 is 12.1 Å². The summed E-state index contributed by atoms with van der Waals surface area (Å²) in [7, 11) is 2.02. The molecule has 1 amide bonds. The van der Waals surface area contributed by atoms with E-state index in [0.717, 1.165) is 23.9 Å². The van der Waals surface area contributed by atoms with Crippen molar-refractivity contribution in [2.75, 3.05) is 19.8 Å². The Morgan fingerprint density at radius 1 is 1.27 bits per heavy atom. The number of imidazole rings is 1. The van der Waals surface area contributed by atoms with Gasteiger partial charge in [0.25, 0.3) is 5.91 Å². The maximum Gasteiger partial charge on any atom is 0.490 e. The molecule has 1 atom stereocenters. The standard InChI is InChI=1S/C19H27N5O2.C2HF3O2/c1-4-24-17(7-13(2)21-24)19(25)23-8-15(11-26-10-14-5-6-14)18-16(9-23)20-12-22(18)3;3-2(4,5)1(6)7/h7,12,14-15H,4-6,8-11H2,1-3H3;(H,6,7). The van der Waals surface area contributed by atoms with Gasteiger partial charge in [0.1, 0.15) is 5.69 Å². The number of alkyl halides is 3. The van der Waals surface area contributed by atoms with Crippen LogP contribution >= 0.6 is 0 Å². The Morgan fingerprint density at radius 2 is 1.94 bits per heavy atom. The van der Waals surface area contributed by atoms with Crippen molar-refractivity contribution in [3.63, 3.8) is 0 Å². The molecule has 2 aromatic rings. The van der Waals surface area contributed by atoms with E-state index in [0.29, 0.717) is 31.9 Å². The zero-order valence-corrected chi connectivity index (χ0v) is 18.8. The number of hydrogen-bond donors (Lipinski definition) is 1. The smallest absolute Gasteiger partial charge is 0.475 e. The molecule has 3 heterocycles. The topological polar surface area (TPSA) is 102 Å². The minimum atomic E-state index is -5.08. The monoisotopic (exact) mass is 471 g/mol. The summed E-state index contributed by atoms with van der Waals surface area (Å²) < 4.78 is 41.6. The number of carboxylic acids is 1. The van der Waals surface area contributed by atoms with E-state index in [4.69, 9.17) is 14.6 Å². The molecule has 1 N–H and O–H groups in total. The van der Waals surface area contributed by atoms with Gasteiger partial charge in [-0.05, 0) is 38.7 Å². The molecule has 182 valence electrons. The fraction of sp³-hybridized carbons (Fsp3) is 0.619. The summed E-state index contributed by atoms with van der Waals surface area (Å²) in [6.07, 6.45) is -0.674. The van der Waals surface area contributed by atoms with Crippen LogP contribution in [0.2, 0.25) is 0 Å². The highest BCUT2D eigenvalue weighted by molar-refractivity contribution is 5.93. The fourth-order valence-electron chi connectivity index (χ4n) is 3.80. The van der Waals surface area contributed by atoms with Crippen molar-refractivity contribution in [3.8, 4) is 0 Å². The summed E-state index contributed by atoms with van der Waals surface area (Å²) in [4.78, 5) is 28.5. The second-order valence-electron chi connectivity index (χ2n) is 8.34. The summed E-state index contributed by atoms with van der Waals surface area (Å²) in [5.41, 5.74) is 3.70. The van der Waals surface area contributed by atoms with Crippen LogP contribution in [0.1, 0.15) is 53.3 Å². The third-order valence-corrected chi connectivity index (χ3v) is 5.55. The quantitative estimate of drug-likeness (QED) is 0.695. The van der Waals surface area contributed by atoms with Crippen LogP contribution in [0.25, 0.3) is 0 Å². The van der Waals surface area contributed by atoms with Gasteiger partial charge in [0, 0.05) is 38.4 Å². The van der Waals surface area contributed by atoms with E-state index < -0.39 is 12.1 Å². The average molecular weight is 471 g/mol. The molecule has 0 saturated heterocycles. The second kappa shape index (κ2) is 9.94. The highest BCUT2D eigenvalue weighted by Gasteiger charge is 2.38. The molecule has 1 saturated carbocycles. The molecule has 12 heteroatoms. The van der Waals surface area contributed by atoms with Crippen molar-refractivity contribution >= 4 is 11.9 Å². The number of aryl methyl sites for hydroxylation is 3. The molecule has 4 rings (SSSR count). The maximum absolute atomic E-state index is 13.1. The predicted octanol–water partition coefficient (Wildman–Crippen LogP) is 2.74. The summed E-state index contributed by atoms with van der Waals surface area (Å²) in [6.45, 7) is 7.28. The Balaban J connectivity index is 0.000000383. The normalized spacial score (nSPS) is 17.9. The molecule has 0 aromatic carbocycles. The maximum atomic E-state index is 13.1. The lowest BCUT2D eigenvalue weighted by Gasteiger charge is -2.33. The lowest BCUT2D eigenvalue weighted by molar-refractivity contribution is -0.192. The number of aromatic nitrogens is 4. The highest BCUT2D eigenvalue weighted by atomic mass is 19.4. The Kier molecular flexibility index (Phi) is 7.45. The summed E-state index contributed by atoms with van der Waals surface area (Å²) >= 11 is 0. The van der Waals surface area contributed by atoms with Gasteiger partial charge in [0.2, 0.25) is 0 Å². The third kappa shape index (κ3) is 6.12. The number of carbonyl (C=O) groups is 2. The van der Waals surface area contributed by atoms with Gasteiger partial charge in [-0.3, -0.25) is 9.48 Å². The molecule has 1 aliphatic carbocycles. The van der Waals surface area contributed by atoms with Gasteiger partial charge in [0.15, 0.2) is 0 Å². The highest BCUT2D eigenvalue weighted by Crippen LogP contribution is 2.31. The number of halogens is 3. The molecular weight excluding hydrogens is 443 g/mol. The predicted molar refractivity (Wildman–Crippen MR) is 111 cm³/mol. The molecule has 0 radical (unpaired) electrons. The number of amides is 1. The Morgan fingerprint density at radius 3 is 2.52 bits per heavy atom. The first kappa shape index (κ1) is 24.7. The zero-order chi connectivity index (χ0) is 24.3. The molecule has 1 unspecified atom stereocenters. The van der Waals surface area contributed by atoms with Crippen molar-refractivity contribution in [3.05, 3.63) is 35.2 Å². The molecule has 2 aliphatic rings. The van der Waals surface area contributed by atoms with Crippen LogP contribution < -0.4 is 0 Å². The SMILES string of the molecule is CCn1nc(C)cc1C(=O)N1Cc2ncn(C)c2C(COCC2CC2)C1.O=C(O)C(F)(F)F. The van der Waals surface area contributed by atoms with Crippen LogP contribution in [0.5, 0.6) is 0 Å². The van der Waals surface area contributed by atoms with E-state index in [1.165, 1.54) is 18.5 Å². The molecule has 33 heavy (non-hydrogen) atoms. The van der Waals surface area contributed by atoms with Gasteiger partial charge < -0.3 is 19.3 Å². The van der Waals surface area contributed by atoms with Gasteiger partial charge in [-0.25, -0.2) is 9.78 Å².